The van der Waals surface area contributed by atoms with E-state index in [9.17, 15) is 9.59 Å². The van der Waals surface area contributed by atoms with Crippen molar-refractivity contribution < 1.29 is 14.3 Å². The summed E-state index contributed by atoms with van der Waals surface area (Å²) >= 11 is 0. The quantitative estimate of drug-likeness (QED) is 0.720. The fourth-order valence-corrected chi connectivity index (χ4v) is 2.79. The number of aromatic nitrogens is 2. The first-order chi connectivity index (χ1) is 11.9. The predicted molar refractivity (Wildman–Crippen MR) is 96.8 cm³/mol. The van der Waals surface area contributed by atoms with Crippen molar-refractivity contribution in [2.75, 3.05) is 13.2 Å². The van der Waals surface area contributed by atoms with Gasteiger partial charge in [-0.2, -0.15) is 5.10 Å². The van der Waals surface area contributed by atoms with Gasteiger partial charge < -0.3 is 9.47 Å². The Bertz CT molecular complexity index is 811. The lowest BCUT2D eigenvalue weighted by Crippen LogP contribution is -2.29. The van der Waals surface area contributed by atoms with E-state index in [0.29, 0.717) is 12.0 Å². The van der Waals surface area contributed by atoms with Crippen LogP contribution in [0.15, 0.2) is 23.0 Å². The maximum absolute atomic E-state index is 12.7. The highest BCUT2D eigenvalue weighted by molar-refractivity contribution is 5.85. The summed E-state index contributed by atoms with van der Waals surface area (Å²) in [5.41, 5.74) is 1.49. The van der Waals surface area contributed by atoms with Gasteiger partial charge in [-0.05, 0) is 44.4 Å². The number of carbonyl (C=O) groups is 1. The molecule has 1 atom stereocenters. The van der Waals surface area contributed by atoms with E-state index in [0.717, 1.165) is 16.6 Å². The molecule has 0 radical (unpaired) electrons. The summed E-state index contributed by atoms with van der Waals surface area (Å²) < 4.78 is 11.8. The molecule has 0 aliphatic rings. The van der Waals surface area contributed by atoms with Gasteiger partial charge in [0.25, 0.3) is 5.56 Å². The van der Waals surface area contributed by atoms with Gasteiger partial charge in [0.05, 0.1) is 23.8 Å². The molecular formula is C19H26N2O4. The van der Waals surface area contributed by atoms with Crippen molar-refractivity contribution in [2.24, 2.45) is 0 Å². The van der Waals surface area contributed by atoms with Crippen LogP contribution >= 0.6 is 0 Å². The smallest absolute Gasteiger partial charge is 0.327 e. The van der Waals surface area contributed by atoms with Crippen LogP contribution in [0.1, 0.15) is 57.9 Å². The zero-order valence-electron chi connectivity index (χ0n) is 15.5. The summed E-state index contributed by atoms with van der Waals surface area (Å²) in [6, 6.07) is 5.65. The molecule has 0 bridgehead atoms. The van der Waals surface area contributed by atoms with E-state index in [1.165, 1.54) is 4.68 Å². The molecule has 6 heteroatoms. The summed E-state index contributed by atoms with van der Waals surface area (Å²) in [7, 11) is 0. The lowest BCUT2D eigenvalue weighted by molar-refractivity contribution is -0.144. The molecule has 1 aromatic heterocycles. The molecule has 0 amide bonds. The van der Waals surface area contributed by atoms with Gasteiger partial charge in [0, 0.05) is 12.0 Å². The average molecular weight is 346 g/mol. The Morgan fingerprint density at radius 1 is 1.16 bits per heavy atom. The number of hydrogen-bond acceptors (Lipinski definition) is 5. The van der Waals surface area contributed by atoms with Gasteiger partial charge in [-0.15, -0.1) is 0 Å². The van der Waals surface area contributed by atoms with Crippen LogP contribution < -0.4 is 5.56 Å². The Morgan fingerprint density at radius 3 is 2.48 bits per heavy atom. The molecule has 0 saturated carbocycles. The van der Waals surface area contributed by atoms with Crippen LogP contribution in [0.3, 0.4) is 0 Å². The van der Waals surface area contributed by atoms with Crippen molar-refractivity contribution >= 4 is 16.7 Å². The van der Waals surface area contributed by atoms with E-state index in [-0.39, 0.29) is 30.7 Å². The zero-order chi connectivity index (χ0) is 18.6. The van der Waals surface area contributed by atoms with Gasteiger partial charge in [-0.3, -0.25) is 9.59 Å². The van der Waals surface area contributed by atoms with Crippen LogP contribution in [0.2, 0.25) is 0 Å². The molecule has 0 saturated heterocycles. The minimum Gasteiger partial charge on any atom is -0.465 e. The number of carbonyl (C=O) groups excluding carboxylic acids is 1. The minimum absolute atomic E-state index is 0.0589. The van der Waals surface area contributed by atoms with E-state index in [4.69, 9.17) is 9.47 Å². The maximum Gasteiger partial charge on any atom is 0.327 e. The second kappa shape index (κ2) is 8.25. The SMILES string of the molecule is CCOC(=O)Cn1nc(C(C)C)c2cc(C(C)OCC)ccc2c1=O. The van der Waals surface area contributed by atoms with Crippen LogP contribution in [0.4, 0.5) is 0 Å². The standard InChI is InChI=1S/C19H26N2O4/c1-6-24-13(5)14-8-9-15-16(10-14)18(12(3)4)20-21(19(15)23)11-17(22)25-7-2/h8-10,12-13H,6-7,11H2,1-5H3. The van der Waals surface area contributed by atoms with Crippen LogP contribution in [-0.2, 0) is 20.8 Å². The molecule has 25 heavy (non-hydrogen) atoms. The Hall–Kier alpha value is -2.21. The fraction of sp³-hybridized carbons (Fsp3) is 0.526. The lowest BCUT2D eigenvalue weighted by Gasteiger charge is -2.16. The van der Waals surface area contributed by atoms with Crippen molar-refractivity contribution in [3.63, 3.8) is 0 Å². The number of hydrogen-bond donors (Lipinski definition) is 0. The summed E-state index contributed by atoms with van der Waals surface area (Å²) in [4.78, 5) is 24.5. The third-order valence-corrected chi connectivity index (χ3v) is 4.03. The first-order valence-electron chi connectivity index (χ1n) is 8.70. The predicted octanol–water partition coefficient (Wildman–Crippen LogP) is 3.18. The van der Waals surface area contributed by atoms with Gasteiger partial charge in [0.1, 0.15) is 6.54 Å². The number of esters is 1. The Balaban J connectivity index is 2.59. The Labute approximate surface area is 147 Å². The van der Waals surface area contributed by atoms with E-state index in [1.54, 1.807) is 13.0 Å². The highest BCUT2D eigenvalue weighted by atomic mass is 16.5. The first kappa shape index (κ1) is 19.1. The van der Waals surface area contributed by atoms with Gasteiger partial charge in [0.2, 0.25) is 0 Å². The zero-order valence-corrected chi connectivity index (χ0v) is 15.5. The topological polar surface area (TPSA) is 70.4 Å². The molecule has 2 aromatic rings. The highest BCUT2D eigenvalue weighted by Gasteiger charge is 2.17. The molecule has 6 nitrogen and oxygen atoms in total. The van der Waals surface area contributed by atoms with Crippen LogP contribution in [0.5, 0.6) is 0 Å². The number of nitrogens with zero attached hydrogens (tertiary/aromatic N) is 2. The third-order valence-electron chi connectivity index (χ3n) is 4.03. The number of ether oxygens (including phenoxy) is 2. The van der Waals surface area contributed by atoms with E-state index in [2.05, 4.69) is 5.10 Å². The largest absolute Gasteiger partial charge is 0.465 e. The minimum atomic E-state index is -0.465. The number of rotatable bonds is 7. The number of benzene rings is 1. The van der Waals surface area contributed by atoms with Gasteiger partial charge in [-0.1, -0.05) is 19.9 Å². The summed E-state index contributed by atoms with van der Waals surface area (Å²) in [5, 5.41) is 5.79. The van der Waals surface area contributed by atoms with Crippen LogP contribution in [0.25, 0.3) is 10.8 Å². The lowest BCUT2D eigenvalue weighted by atomic mass is 9.99. The molecule has 2 rings (SSSR count). The molecule has 1 heterocycles. The Kier molecular flexibility index (Phi) is 6.31. The van der Waals surface area contributed by atoms with Crippen molar-refractivity contribution in [3.8, 4) is 0 Å². The second-order valence-corrected chi connectivity index (χ2v) is 6.21. The van der Waals surface area contributed by atoms with Crippen molar-refractivity contribution in [1.29, 1.82) is 0 Å². The maximum atomic E-state index is 12.7. The summed E-state index contributed by atoms with van der Waals surface area (Å²) in [6.07, 6.45) is -0.0589. The van der Waals surface area contributed by atoms with E-state index < -0.39 is 5.97 Å². The van der Waals surface area contributed by atoms with Crippen molar-refractivity contribution in [3.05, 3.63) is 39.8 Å². The summed E-state index contributed by atoms with van der Waals surface area (Å²) in [6.45, 7) is 10.4. The fourth-order valence-electron chi connectivity index (χ4n) is 2.79. The highest BCUT2D eigenvalue weighted by Crippen LogP contribution is 2.26. The molecule has 136 valence electrons. The van der Waals surface area contributed by atoms with Crippen molar-refractivity contribution in [2.45, 2.75) is 53.2 Å². The van der Waals surface area contributed by atoms with E-state index in [1.807, 2.05) is 39.8 Å². The van der Waals surface area contributed by atoms with Gasteiger partial charge in [-0.25, -0.2) is 4.68 Å². The molecular weight excluding hydrogens is 320 g/mol. The third kappa shape index (κ3) is 4.25. The number of fused-ring (bicyclic) bond motifs is 1. The monoisotopic (exact) mass is 346 g/mol. The molecule has 0 fully saturated rings. The van der Waals surface area contributed by atoms with Gasteiger partial charge in [0.15, 0.2) is 0 Å². The van der Waals surface area contributed by atoms with Crippen molar-refractivity contribution in [1.82, 2.24) is 9.78 Å². The first-order valence-corrected chi connectivity index (χ1v) is 8.70. The van der Waals surface area contributed by atoms with Gasteiger partial charge >= 0.3 is 5.97 Å². The molecule has 1 aromatic carbocycles. The second-order valence-electron chi connectivity index (χ2n) is 6.21. The summed E-state index contributed by atoms with van der Waals surface area (Å²) in [5.74, 6) is -0.359. The molecule has 0 aliphatic heterocycles. The molecule has 0 aliphatic carbocycles. The molecule has 0 spiro atoms. The Morgan fingerprint density at radius 2 is 1.88 bits per heavy atom. The average Bonchev–Trinajstić information content (AvgIpc) is 2.57. The molecule has 0 N–H and O–H groups in total. The van der Waals surface area contributed by atoms with Crippen LogP contribution in [0, 0.1) is 0 Å². The molecule has 1 unspecified atom stereocenters. The normalized spacial score (nSPS) is 12.6. The van der Waals surface area contributed by atoms with Crippen LogP contribution in [-0.4, -0.2) is 29.0 Å². The van der Waals surface area contributed by atoms with E-state index >= 15 is 0 Å².